The van der Waals surface area contributed by atoms with Crippen LogP contribution in [-0.2, 0) is 12.2 Å². The molecule has 1 amide bonds. The number of thioether (sulfide) groups is 1. The number of H-pyrrole nitrogens is 1. The molecule has 154 valence electrons. The Kier molecular flexibility index (Phi) is 5.46. The maximum Gasteiger partial charge on any atom is 0.257 e. The van der Waals surface area contributed by atoms with Crippen molar-refractivity contribution in [2.75, 3.05) is 6.54 Å². The number of nitrogens with zero attached hydrogens (tertiary/aromatic N) is 1. The van der Waals surface area contributed by atoms with Gasteiger partial charge in [-0.05, 0) is 41.8 Å². The molecule has 31 heavy (non-hydrogen) atoms. The fraction of sp³-hybridized carbons (Fsp3) is 0.120. The zero-order valence-corrected chi connectivity index (χ0v) is 17.6. The Morgan fingerprint density at radius 1 is 0.968 bits per heavy atom. The van der Waals surface area contributed by atoms with Crippen LogP contribution < -0.4 is 5.32 Å². The summed E-state index contributed by atoms with van der Waals surface area (Å²) >= 11 is 1.49. The molecule has 0 fully saturated rings. The first kappa shape index (κ1) is 19.5. The van der Waals surface area contributed by atoms with Gasteiger partial charge >= 0.3 is 0 Å². The van der Waals surface area contributed by atoms with Gasteiger partial charge in [0.2, 0.25) is 0 Å². The first-order valence-electron chi connectivity index (χ1n) is 10.2. The maximum absolute atomic E-state index is 12.8. The molecule has 5 nitrogen and oxygen atoms in total. The second-order valence-corrected chi connectivity index (χ2v) is 8.19. The number of nitrogens with one attached hydrogen (secondary N) is 2. The lowest BCUT2D eigenvalue weighted by Gasteiger charge is -2.09. The van der Waals surface area contributed by atoms with E-state index in [0.717, 1.165) is 28.6 Å². The van der Waals surface area contributed by atoms with E-state index in [4.69, 9.17) is 4.42 Å². The van der Waals surface area contributed by atoms with Crippen molar-refractivity contribution in [2.45, 2.75) is 17.4 Å². The van der Waals surface area contributed by atoms with Crippen molar-refractivity contribution in [1.82, 2.24) is 15.3 Å². The number of aromatic amines is 1. The van der Waals surface area contributed by atoms with E-state index in [0.29, 0.717) is 23.1 Å². The smallest absolute Gasteiger partial charge is 0.257 e. The molecule has 0 radical (unpaired) electrons. The standard InChI is InChI=1S/C25H21N3O2S/c29-24(26-14-13-17-15-27-21-10-4-3-8-19(17)21)20-9-2-1-7-18(20)16-31-25-28-22-11-5-6-12-23(22)30-25/h1-12,15,27H,13-14,16H2,(H,26,29). The maximum atomic E-state index is 12.8. The Morgan fingerprint density at radius 2 is 1.77 bits per heavy atom. The van der Waals surface area contributed by atoms with Gasteiger partial charge in [0.25, 0.3) is 11.1 Å². The highest BCUT2D eigenvalue weighted by Gasteiger charge is 2.13. The van der Waals surface area contributed by atoms with Crippen molar-refractivity contribution >= 4 is 39.7 Å². The molecule has 0 atom stereocenters. The highest BCUT2D eigenvalue weighted by molar-refractivity contribution is 7.98. The van der Waals surface area contributed by atoms with Crippen molar-refractivity contribution in [1.29, 1.82) is 0 Å². The molecule has 0 spiro atoms. The highest BCUT2D eigenvalue weighted by Crippen LogP contribution is 2.27. The minimum atomic E-state index is -0.0615. The summed E-state index contributed by atoms with van der Waals surface area (Å²) in [5, 5.41) is 4.87. The van der Waals surface area contributed by atoms with Gasteiger partial charge in [0, 0.05) is 35.0 Å². The first-order chi connectivity index (χ1) is 15.3. The molecule has 2 aromatic heterocycles. The molecule has 0 aliphatic rings. The monoisotopic (exact) mass is 427 g/mol. The summed E-state index contributed by atoms with van der Waals surface area (Å²) in [7, 11) is 0. The summed E-state index contributed by atoms with van der Waals surface area (Å²) < 4.78 is 5.78. The van der Waals surface area contributed by atoms with Crippen LogP contribution in [0, 0.1) is 0 Å². The summed E-state index contributed by atoms with van der Waals surface area (Å²) in [6.07, 6.45) is 2.79. The van der Waals surface area contributed by atoms with Crippen LogP contribution in [0.25, 0.3) is 22.0 Å². The lowest BCUT2D eigenvalue weighted by molar-refractivity contribution is 0.0953. The number of benzene rings is 3. The van der Waals surface area contributed by atoms with Gasteiger partial charge in [-0.3, -0.25) is 4.79 Å². The number of aromatic nitrogens is 2. The molecule has 0 saturated carbocycles. The van der Waals surface area contributed by atoms with E-state index in [-0.39, 0.29) is 5.91 Å². The van der Waals surface area contributed by atoms with Gasteiger partial charge < -0.3 is 14.7 Å². The van der Waals surface area contributed by atoms with Gasteiger partial charge in [-0.25, -0.2) is 4.98 Å². The summed E-state index contributed by atoms with van der Waals surface area (Å²) in [4.78, 5) is 20.6. The fourth-order valence-corrected chi connectivity index (χ4v) is 4.51. The van der Waals surface area contributed by atoms with E-state index in [1.165, 1.54) is 22.7 Å². The van der Waals surface area contributed by atoms with Crippen LogP contribution in [0.5, 0.6) is 0 Å². The second kappa shape index (κ2) is 8.70. The topological polar surface area (TPSA) is 70.9 Å². The molecule has 0 bridgehead atoms. The van der Waals surface area contributed by atoms with Crippen molar-refractivity contribution in [2.24, 2.45) is 0 Å². The number of para-hydroxylation sites is 3. The van der Waals surface area contributed by atoms with Crippen molar-refractivity contribution in [3.8, 4) is 0 Å². The van der Waals surface area contributed by atoms with Gasteiger partial charge in [0.1, 0.15) is 5.52 Å². The molecule has 0 saturated heterocycles. The van der Waals surface area contributed by atoms with E-state index in [9.17, 15) is 4.79 Å². The van der Waals surface area contributed by atoms with Crippen molar-refractivity contribution < 1.29 is 9.21 Å². The van der Waals surface area contributed by atoms with Gasteiger partial charge in [0.05, 0.1) is 0 Å². The number of fused-ring (bicyclic) bond motifs is 2. The van der Waals surface area contributed by atoms with Gasteiger partial charge in [-0.2, -0.15) is 0 Å². The van der Waals surface area contributed by atoms with E-state index in [2.05, 4.69) is 27.4 Å². The summed E-state index contributed by atoms with van der Waals surface area (Å²) in [5.41, 5.74) is 5.58. The minimum absolute atomic E-state index is 0.0615. The van der Waals surface area contributed by atoms with Crippen molar-refractivity contribution in [3.63, 3.8) is 0 Å². The number of oxazole rings is 1. The third-order valence-electron chi connectivity index (χ3n) is 5.24. The third-order valence-corrected chi connectivity index (χ3v) is 6.12. The molecular weight excluding hydrogens is 406 g/mol. The predicted octanol–water partition coefficient (Wildman–Crippen LogP) is 5.57. The molecule has 0 unspecified atom stereocenters. The zero-order valence-electron chi connectivity index (χ0n) is 16.8. The first-order valence-corrected chi connectivity index (χ1v) is 11.2. The summed E-state index contributed by atoms with van der Waals surface area (Å²) in [6.45, 7) is 0.577. The average molecular weight is 428 g/mol. The van der Waals surface area contributed by atoms with E-state index >= 15 is 0 Å². The second-order valence-electron chi connectivity index (χ2n) is 7.26. The molecular formula is C25H21N3O2S. The van der Waals surface area contributed by atoms with Crippen LogP contribution in [0.4, 0.5) is 0 Å². The minimum Gasteiger partial charge on any atom is -0.431 e. The third kappa shape index (κ3) is 4.20. The average Bonchev–Trinajstić information content (AvgIpc) is 3.42. The fourth-order valence-electron chi connectivity index (χ4n) is 3.66. The van der Waals surface area contributed by atoms with Crippen LogP contribution in [0.2, 0.25) is 0 Å². The summed E-state index contributed by atoms with van der Waals surface area (Å²) in [6, 6.07) is 23.6. The molecule has 6 heteroatoms. The Morgan fingerprint density at radius 3 is 2.71 bits per heavy atom. The number of amides is 1. The molecule has 3 aromatic carbocycles. The molecule has 0 aliphatic heterocycles. The number of carbonyl (C=O) groups excluding carboxylic acids is 1. The molecule has 2 heterocycles. The van der Waals surface area contributed by atoms with E-state index < -0.39 is 0 Å². The Balaban J connectivity index is 1.23. The summed E-state index contributed by atoms with van der Waals surface area (Å²) in [5.74, 6) is 0.549. The zero-order chi connectivity index (χ0) is 21.0. The van der Waals surface area contributed by atoms with Gasteiger partial charge in [-0.15, -0.1) is 0 Å². The largest absolute Gasteiger partial charge is 0.431 e. The number of carbonyl (C=O) groups is 1. The SMILES string of the molecule is O=C(NCCc1c[nH]c2ccccc12)c1ccccc1CSc1nc2ccccc2o1. The molecule has 5 rings (SSSR count). The van der Waals surface area contributed by atoms with Gasteiger partial charge in [-0.1, -0.05) is 60.3 Å². The normalized spacial score (nSPS) is 11.2. The van der Waals surface area contributed by atoms with Crippen LogP contribution in [-0.4, -0.2) is 22.4 Å². The Labute approximate surface area is 183 Å². The lowest BCUT2D eigenvalue weighted by atomic mass is 10.1. The van der Waals surface area contributed by atoms with E-state index in [1.54, 1.807) is 0 Å². The van der Waals surface area contributed by atoms with Crippen molar-refractivity contribution in [3.05, 3.63) is 95.7 Å². The van der Waals surface area contributed by atoms with Crippen LogP contribution in [0.1, 0.15) is 21.5 Å². The number of hydrogen-bond donors (Lipinski definition) is 2. The predicted molar refractivity (Wildman–Crippen MR) is 124 cm³/mol. The van der Waals surface area contributed by atoms with Crippen LogP contribution in [0.15, 0.2) is 88.6 Å². The Bertz CT molecular complexity index is 1320. The quantitative estimate of drug-likeness (QED) is 0.333. The molecule has 2 N–H and O–H groups in total. The Hall–Kier alpha value is -3.51. The van der Waals surface area contributed by atoms with Gasteiger partial charge in [0.15, 0.2) is 5.58 Å². The number of hydrogen-bond acceptors (Lipinski definition) is 4. The van der Waals surface area contributed by atoms with Crippen LogP contribution in [0.3, 0.4) is 0 Å². The molecule has 0 aliphatic carbocycles. The van der Waals surface area contributed by atoms with E-state index in [1.807, 2.05) is 66.9 Å². The lowest BCUT2D eigenvalue weighted by Crippen LogP contribution is -2.26. The van der Waals surface area contributed by atoms with Crippen LogP contribution >= 0.6 is 11.8 Å². The molecule has 5 aromatic rings. The highest BCUT2D eigenvalue weighted by atomic mass is 32.2. The number of rotatable bonds is 7.